The third kappa shape index (κ3) is 6.38. The molecule has 1 aliphatic rings. The van der Waals surface area contributed by atoms with Crippen LogP contribution in [0.1, 0.15) is 28.1 Å². The van der Waals surface area contributed by atoms with Gasteiger partial charge in [0.15, 0.2) is 0 Å². The van der Waals surface area contributed by atoms with Crippen molar-refractivity contribution in [1.29, 1.82) is 0 Å². The molecule has 3 amide bonds. The van der Waals surface area contributed by atoms with E-state index < -0.39 is 17.7 Å². The van der Waals surface area contributed by atoms with E-state index in [0.717, 1.165) is 36.2 Å². The highest BCUT2D eigenvalue weighted by molar-refractivity contribution is 7.12. The molecule has 0 aliphatic carbocycles. The Hall–Kier alpha value is -3.50. The summed E-state index contributed by atoms with van der Waals surface area (Å²) in [7, 11) is 3.81. The molecular formula is C26H28F2N4O3S. The number of halogens is 2. The summed E-state index contributed by atoms with van der Waals surface area (Å²) < 4.78 is 32.9. The number of hydrogen-bond acceptors (Lipinski definition) is 5. The maximum atomic E-state index is 13.9. The summed E-state index contributed by atoms with van der Waals surface area (Å²) in [4.78, 5) is 30.2. The molecule has 0 radical (unpaired) electrons. The van der Waals surface area contributed by atoms with Crippen molar-refractivity contribution in [3.05, 3.63) is 76.0 Å². The van der Waals surface area contributed by atoms with Gasteiger partial charge in [-0.25, -0.2) is 13.6 Å². The fourth-order valence-corrected chi connectivity index (χ4v) is 4.81. The van der Waals surface area contributed by atoms with E-state index in [4.69, 9.17) is 4.74 Å². The van der Waals surface area contributed by atoms with Crippen LogP contribution in [-0.4, -0.2) is 50.2 Å². The van der Waals surface area contributed by atoms with Crippen molar-refractivity contribution in [3.8, 4) is 0 Å². The van der Waals surface area contributed by atoms with Gasteiger partial charge in [0.1, 0.15) is 11.6 Å². The van der Waals surface area contributed by atoms with Gasteiger partial charge in [-0.15, -0.1) is 11.3 Å². The molecule has 0 saturated carbocycles. The monoisotopic (exact) mass is 514 g/mol. The molecule has 2 heterocycles. The SMILES string of the molecule is CN(C)c1ccc(NC(=O)Nc2ccc(F)cc2F)cc1CN(C[C@@H]1CCCO1)C(=O)c1cccs1. The topological polar surface area (TPSA) is 73.9 Å². The summed E-state index contributed by atoms with van der Waals surface area (Å²) in [5.41, 5.74) is 2.05. The molecule has 7 nitrogen and oxygen atoms in total. The van der Waals surface area contributed by atoms with E-state index in [2.05, 4.69) is 10.6 Å². The van der Waals surface area contributed by atoms with Crippen molar-refractivity contribution in [3.63, 3.8) is 0 Å². The Labute approximate surface area is 212 Å². The minimum atomic E-state index is -0.870. The highest BCUT2D eigenvalue weighted by Gasteiger charge is 2.25. The number of nitrogens with one attached hydrogen (secondary N) is 2. The van der Waals surface area contributed by atoms with Crippen molar-refractivity contribution in [2.24, 2.45) is 0 Å². The van der Waals surface area contributed by atoms with Crippen molar-refractivity contribution in [2.45, 2.75) is 25.5 Å². The molecule has 3 aromatic rings. The zero-order valence-electron chi connectivity index (χ0n) is 20.1. The molecule has 1 aromatic heterocycles. The first-order chi connectivity index (χ1) is 17.3. The molecule has 2 aromatic carbocycles. The van der Waals surface area contributed by atoms with Crippen LogP contribution in [0.2, 0.25) is 0 Å². The van der Waals surface area contributed by atoms with Gasteiger partial charge in [0.05, 0.1) is 16.7 Å². The normalized spacial score (nSPS) is 14.9. The molecule has 0 spiro atoms. The Morgan fingerprint density at radius 3 is 2.61 bits per heavy atom. The summed E-state index contributed by atoms with van der Waals surface area (Å²) in [5.74, 6) is -1.68. The van der Waals surface area contributed by atoms with Crippen molar-refractivity contribution >= 4 is 40.3 Å². The lowest BCUT2D eigenvalue weighted by molar-refractivity contribution is 0.0511. The minimum absolute atomic E-state index is 0.0191. The van der Waals surface area contributed by atoms with E-state index in [1.165, 1.54) is 11.3 Å². The van der Waals surface area contributed by atoms with Gasteiger partial charge < -0.3 is 25.2 Å². The maximum Gasteiger partial charge on any atom is 0.323 e. The van der Waals surface area contributed by atoms with Crippen LogP contribution < -0.4 is 15.5 Å². The Bertz CT molecular complexity index is 1210. The number of ether oxygens (including phenoxy) is 1. The highest BCUT2D eigenvalue weighted by Crippen LogP contribution is 2.27. The molecule has 0 unspecified atom stereocenters. The van der Waals surface area contributed by atoms with E-state index >= 15 is 0 Å². The third-order valence-corrected chi connectivity index (χ3v) is 6.68. The molecular weight excluding hydrogens is 486 g/mol. The summed E-state index contributed by atoms with van der Waals surface area (Å²) in [5, 5.41) is 6.94. The van der Waals surface area contributed by atoms with E-state index in [1.54, 1.807) is 23.1 Å². The molecule has 190 valence electrons. The number of hydrogen-bond donors (Lipinski definition) is 2. The molecule has 10 heteroatoms. The van der Waals surface area contributed by atoms with E-state index in [0.29, 0.717) is 36.3 Å². The second-order valence-electron chi connectivity index (χ2n) is 8.74. The summed E-state index contributed by atoms with van der Waals surface area (Å²) >= 11 is 1.39. The third-order valence-electron chi connectivity index (χ3n) is 5.83. The largest absolute Gasteiger partial charge is 0.377 e. The van der Waals surface area contributed by atoms with Crippen molar-refractivity contribution in [1.82, 2.24) is 4.90 Å². The molecule has 1 saturated heterocycles. The highest BCUT2D eigenvalue weighted by atomic mass is 32.1. The number of thiophene rings is 1. The number of urea groups is 1. The maximum absolute atomic E-state index is 13.9. The molecule has 36 heavy (non-hydrogen) atoms. The van der Waals surface area contributed by atoms with Gasteiger partial charge >= 0.3 is 6.03 Å². The van der Waals surface area contributed by atoms with E-state index in [-0.39, 0.29) is 17.7 Å². The zero-order valence-corrected chi connectivity index (χ0v) is 20.9. The average molecular weight is 515 g/mol. The molecule has 1 aliphatic heterocycles. The molecule has 2 N–H and O–H groups in total. The van der Waals surface area contributed by atoms with Gasteiger partial charge in [-0.05, 0) is 60.2 Å². The second-order valence-corrected chi connectivity index (χ2v) is 9.69. The predicted molar refractivity (Wildman–Crippen MR) is 138 cm³/mol. The molecule has 0 bridgehead atoms. The van der Waals surface area contributed by atoms with Crippen LogP contribution in [0.5, 0.6) is 0 Å². The summed E-state index contributed by atoms with van der Waals surface area (Å²) in [6.07, 6.45) is 1.85. The number of nitrogens with zero attached hydrogens (tertiary/aromatic N) is 2. The Balaban J connectivity index is 1.55. The summed E-state index contributed by atoms with van der Waals surface area (Å²) in [6, 6.07) is 11.3. The number of rotatable bonds is 8. The lowest BCUT2D eigenvalue weighted by atomic mass is 10.1. The van der Waals surface area contributed by atoms with Crippen LogP contribution in [0.3, 0.4) is 0 Å². The van der Waals surface area contributed by atoms with E-state index in [1.807, 2.05) is 36.5 Å². The summed E-state index contributed by atoms with van der Waals surface area (Å²) in [6.45, 7) is 1.47. The van der Waals surface area contributed by atoms with Gasteiger partial charge in [-0.3, -0.25) is 4.79 Å². The standard InChI is InChI=1S/C26H28F2N4O3S/c1-31(2)23-10-8-19(29-26(34)30-22-9-7-18(27)14-21(22)28)13-17(23)15-32(16-20-5-3-11-35-20)25(33)24-6-4-12-36-24/h4,6-10,12-14,20H,3,5,11,15-16H2,1-2H3,(H2,29,30,34)/t20-/m0/s1. The number of amides is 3. The number of benzene rings is 2. The van der Waals surface area contributed by atoms with Crippen LogP contribution in [0.4, 0.5) is 30.6 Å². The number of carbonyl (C=O) groups is 2. The van der Waals surface area contributed by atoms with Gasteiger partial charge in [0.2, 0.25) is 0 Å². The van der Waals surface area contributed by atoms with Crippen LogP contribution >= 0.6 is 11.3 Å². The zero-order chi connectivity index (χ0) is 25.7. The second kappa shape index (κ2) is 11.5. The van der Waals surface area contributed by atoms with Crippen LogP contribution in [-0.2, 0) is 11.3 Å². The molecule has 1 atom stereocenters. The van der Waals surface area contributed by atoms with Crippen molar-refractivity contribution < 1.29 is 23.1 Å². The lowest BCUT2D eigenvalue weighted by Gasteiger charge is -2.28. The number of carbonyl (C=O) groups excluding carboxylic acids is 2. The smallest absolute Gasteiger partial charge is 0.323 e. The van der Waals surface area contributed by atoms with E-state index in [9.17, 15) is 18.4 Å². The van der Waals surface area contributed by atoms with Gasteiger partial charge in [-0.1, -0.05) is 6.07 Å². The van der Waals surface area contributed by atoms with Gasteiger partial charge in [0.25, 0.3) is 5.91 Å². The first-order valence-electron chi connectivity index (χ1n) is 11.6. The fourth-order valence-electron chi connectivity index (χ4n) is 4.12. The van der Waals surface area contributed by atoms with Crippen LogP contribution in [0.25, 0.3) is 0 Å². The Morgan fingerprint density at radius 2 is 1.94 bits per heavy atom. The van der Waals surface area contributed by atoms with Crippen LogP contribution in [0, 0.1) is 11.6 Å². The Kier molecular flexibility index (Phi) is 8.17. The first kappa shape index (κ1) is 25.6. The fraction of sp³-hybridized carbons (Fsp3) is 0.308. The van der Waals surface area contributed by atoms with Gasteiger partial charge in [0, 0.05) is 51.2 Å². The number of anilines is 3. The average Bonchev–Trinajstić information content (AvgIpc) is 3.54. The predicted octanol–water partition coefficient (Wildman–Crippen LogP) is 5.56. The van der Waals surface area contributed by atoms with Crippen molar-refractivity contribution in [2.75, 3.05) is 42.8 Å². The van der Waals surface area contributed by atoms with Crippen LogP contribution in [0.15, 0.2) is 53.9 Å². The lowest BCUT2D eigenvalue weighted by Crippen LogP contribution is -2.37. The first-order valence-corrected chi connectivity index (χ1v) is 12.5. The molecule has 1 fully saturated rings. The Morgan fingerprint density at radius 1 is 1.11 bits per heavy atom. The quantitative estimate of drug-likeness (QED) is 0.413. The van der Waals surface area contributed by atoms with Gasteiger partial charge in [-0.2, -0.15) is 0 Å². The minimum Gasteiger partial charge on any atom is -0.377 e. The molecule has 4 rings (SSSR count).